The lowest BCUT2D eigenvalue weighted by Crippen LogP contribution is -2.19. The molecular weight excluding hydrogens is 252 g/mol. The molecule has 0 bridgehead atoms. The van der Waals surface area contributed by atoms with Crippen LogP contribution < -0.4 is 5.32 Å². The van der Waals surface area contributed by atoms with Gasteiger partial charge in [-0.25, -0.2) is 0 Å². The third-order valence-electron chi connectivity index (χ3n) is 2.84. The van der Waals surface area contributed by atoms with E-state index in [1.54, 1.807) is 24.3 Å². The van der Waals surface area contributed by atoms with Gasteiger partial charge < -0.3 is 10.4 Å². The SMILES string of the molecule is N#Cc1cc(Cl)ccc1NC1C=CC(C(=O)O)C1. The first-order valence-corrected chi connectivity index (χ1v) is 5.85. The molecule has 2 unspecified atom stereocenters. The quantitative estimate of drug-likeness (QED) is 0.822. The molecule has 18 heavy (non-hydrogen) atoms. The zero-order chi connectivity index (χ0) is 13.1. The standard InChI is InChI=1S/C13H11ClN2O2/c14-10-2-4-12(9(5-10)7-15)16-11-3-1-8(6-11)13(17)18/h1-5,8,11,16H,6H2,(H,17,18). The van der Waals surface area contributed by atoms with E-state index in [0.29, 0.717) is 22.7 Å². The monoisotopic (exact) mass is 262 g/mol. The molecule has 2 atom stereocenters. The zero-order valence-corrected chi connectivity index (χ0v) is 10.2. The van der Waals surface area contributed by atoms with Crippen LogP contribution in [0.15, 0.2) is 30.4 Å². The number of aliphatic carboxylic acids is 1. The minimum atomic E-state index is -0.827. The number of anilines is 1. The molecule has 1 aliphatic carbocycles. The van der Waals surface area contributed by atoms with Crippen molar-refractivity contribution in [2.75, 3.05) is 5.32 Å². The summed E-state index contributed by atoms with van der Waals surface area (Å²) in [5.41, 5.74) is 1.12. The Bertz CT molecular complexity index is 548. The Labute approximate surface area is 109 Å². The van der Waals surface area contributed by atoms with Gasteiger partial charge in [-0.2, -0.15) is 5.26 Å². The molecule has 0 saturated heterocycles. The molecule has 0 saturated carbocycles. The number of nitriles is 1. The Hall–Kier alpha value is -1.99. The first kappa shape index (κ1) is 12.5. The average molecular weight is 263 g/mol. The molecule has 4 nitrogen and oxygen atoms in total. The number of rotatable bonds is 3. The van der Waals surface area contributed by atoms with E-state index in [1.165, 1.54) is 0 Å². The molecule has 0 radical (unpaired) electrons. The molecule has 2 rings (SSSR count). The molecule has 5 heteroatoms. The molecule has 1 aliphatic rings. The Balaban J connectivity index is 2.10. The normalized spacial score (nSPS) is 21.6. The molecular formula is C13H11ClN2O2. The van der Waals surface area contributed by atoms with Gasteiger partial charge in [0.1, 0.15) is 6.07 Å². The summed E-state index contributed by atoms with van der Waals surface area (Å²) in [4.78, 5) is 10.8. The van der Waals surface area contributed by atoms with E-state index < -0.39 is 11.9 Å². The molecule has 0 heterocycles. The molecule has 0 aliphatic heterocycles. The summed E-state index contributed by atoms with van der Waals surface area (Å²) in [6.07, 6.45) is 3.97. The van der Waals surface area contributed by atoms with Crippen LogP contribution in [0.1, 0.15) is 12.0 Å². The van der Waals surface area contributed by atoms with Gasteiger partial charge in [0.05, 0.1) is 17.2 Å². The van der Waals surface area contributed by atoms with Crippen LogP contribution in [-0.2, 0) is 4.79 Å². The van der Waals surface area contributed by atoms with Crippen LogP contribution in [0.4, 0.5) is 5.69 Å². The van der Waals surface area contributed by atoms with Crippen LogP contribution in [-0.4, -0.2) is 17.1 Å². The Morgan fingerprint density at radius 3 is 2.89 bits per heavy atom. The van der Waals surface area contributed by atoms with E-state index in [9.17, 15) is 4.79 Å². The molecule has 0 amide bonds. The highest BCUT2D eigenvalue weighted by Crippen LogP contribution is 2.25. The summed E-state index contributed by atoms with van der Waals surface area (Å²) in [5, 5.41) is 21.5. The highest BCUT2D eigenvalue weighted by molar-refractivity contribution is 6.30. The number of hydrogen-bond donors (Lipinski definition) is 2. The van der Waals surface area contributed by atoms with E-state index in [4.69, 9.17) is 22.0 Å². The molecule has 0 aromatic heterocycles. The van der Waals surface area contributed by atoms with E-state index >= 15 is 0 Å². The lowest BCUT2D eigenvalue weighted by molar-refractivity contribution is -0.140. The first-order valence-electron chi connectivity index (χ1n) is 5.47. The second kappa shape index (κ2) is 5.11. The lowest BCUT2D eigenvalue weighted by atomic mass is 10.1. The topological polar surface area (TPSA) is 73.1 Å². The fourth-order valence-electron chi connectivity index (χ4n) is 1.92. The highest BCUT2D eigenvalue weighted by atomic mass is 35.5. The number of carboxylic acid groups (broad SMARTS) is 1. The van der Waals surface area contributed by atoms with Gasteiger partial charge in [0.25, 0.3) is 0 Å². The molecule has 2 N–H and O–H groups in total. The molecule has 1 aromatic carbocycles. The third kappa shape index (κ3) is 2.63. The number of halogens is 1. The van der Waals surface area contributed by atoms with Crippen molar-refractivity contribution in [3.63, 3.8) is 0 Å². The van der Waals surface area contributed by atoms with Gasteiger partial charge in [0.15, 0.2) is 0 Å². The number of benzene rings is 1. The smallest absolute Gasteiger partial charge is 0.310 e. The Morgan fingerprint density at radius 2 is 2.28 bits per heavy atom. The van der Waals surface area contributed by atoms with Crippen LogP contribution >= 0.6 is 11.6 Å². The average Bonchev–Trinajstić information content (AvgIpc) is 2.80. The number of nitrogens with zero attached hydrogens (tertiary/aromatic N) is 1. The van der Waals surface area contributed by atoms with E-state index in [0.717, 1.165) is 0 Å². The first-order chi connectivity index (χ1) is 8.60. The Morgan fingerprint density at radius 1 is 1.50 bits per heavy atom. The fraction of sp³-hybridized carbons (Fsp3) is 0.231. The summed E-state index contributed by atoms with van der Waals surface area (Å²) < 4.78 is 0. The van der Waals surface area contributed by atoms with Gasteiger partial charge in [-0.3, -0.25) is 4.79 Å². The van der Waals surface area contributed by atoms with Crippen molar-refractivity contribution < 1.29 is 9.90 Å². The number of nitrogens with one attached hydrogen (secondary N) is 1. The molecule has 0 spiro atoms. The lowest BCUT2D eigenvalue weighted by Gasteiger charge is -2.14. The maximum Gasteiger partial charge on any atom is 0.310 e. The van der Waals surface area contributed by atoms with Gasteiger partial charge in [0, 0.05) is 11.1 Å². The summed E-state index contributed by atoms with van der Waals surface area (Å²) in [5.74, 6) is -1.28. The van der Waals surface area contributed by atoms with Crippen LogP contribution in [0.2, 0.25) is 5.02 Å². The predicted molar refractivity (Wildman–Crippen MR) is 68.5 cm³/mol. The maximum absolute atomic E-state index is 10.8. The maximum atomic E-state index is 10.8. The number of hydrogen-bond acceptors (Lipinski definition) is 3. The fourth-order valence-corrected chi connectivity index (χ4v) is 2.10. The summed E-state index contributed by atoms with van der Waals surface area (Å²) in [6, 6.07) is 6.99. The van der Waals surface area contributed by atoms with E-state index in [2.05, 4.69) is 11.4 Å². The Kier molecular flexibility index (Phi) is 3.54. The van der Waals surface area contributed by atoms with Crippen LogP contribution in [0.5, 0.6) is 0 Å². The second-order valence-corrected chi connectivity index (χ2v) is 4.55. The van der Waals surface area contributed by atoms with Gasteiger partial charge >= 0.3 is 5.97 Å². The minimum Gasteiger partial charge on any atom is -0.481 e. The third-order valence-corrected chi connectivity index (χ3v) is 3.08. The number of carboxylic acids is 1. The largest absolute Gasteiger partial charge is 0.481 e. The molecule has 92 valence electrons. The van der Waals surface area contributed by atoms with Gasteiger partial charge in [-0.05, 0) is 24.6 Å². The summed E-state index contributed by atoms with van der Waals surface area (Å²) in [7, 11) is 0. The summed E-state index contributed by atoms with van der Waals surface area (Å²) in [6.45, 7) is 0. The van der Waals surface area contributed by atoms with Crippen molar-refractivity contribution in [2.24, 2.45) is 5.92 Å². The zero-order valence-electron chi connectivity index (χ0n) is 9.43. The predicted octanol–water partition coefficient (Wildman–Crippen LogP) is 2.65. The number of carbonyl (C=O) groups is 1. The van der Waals surface area contributed by atoms with E-state index in [-0.39, 0.29) is 6.04 Å². The highest BCUT2D eigenvalue weighted by Gasteiger charge is 2.24. The van der Waals surface area contributed by atoms with Gasteiger partial charge in [-0.1, -0.05) is 23.8 Å². The van der Waals surface area contributed by atoms with Crippen molar-refractivity contribution in [3.8, 4) is 6.07 Å². The van der Waals surface area contributed by atoms with Crippen LogP contribution in [0.25, 0.3) is 0 Å². The molecule has 0 fully saturated rings. The van der Waals surface area contributed by atoms with Crippen molar-refractivity contribution >= 4 is 23.3 Å². The van der Waals surface area contributed by atoms with Crippen molar-refractivity contribution in [3.05, 3.63) is 40.9 Å². The second-order valence-electron chi connectivity index (χ2n) is 4.12. The van der Waals surface area contributed by atoms with Crippen molar-refractivity contribution in [1.29, 1.82) is 5.26 Å². The van der Waals surface area contributed by atoms with Gasteiger partial charge in [-0.15, -0.1) is 0 Å². The van der Waals surface area contributed by atoms with Gasteiger partial charge in [0.2, 0.25) is 0 Å². The van der Waals surface area contributed by atoms with Crippen LogP contribution in [0, 0.1) is 17.2 Å². The summed E-state index contributed by atoms with van der Waals surface area (Å²) >= 11 is 5.81. The van der Waals surface area contributed by atoms with E-state index in [1.807, 2.05) is 6.08 Å². The van der Waals surface area contributed by atoms with Crippen molar-refractivity contribution in [2.45, 2.75) is 12.5 Å². The van der Waals surface area contributed by atoms with Crippen LogP contribution in [0.3, 0.4) is 0 Å². The van der Waals surface area contributed by atoms with Crippen molar-refractivity contribution in [1.82, 2.24) is 0 Å². The minimum absolute atomic E-state index is 0.0700. The molecule has 1 aromatic rings.